The molecule has 1 aromatic heterocycles. The molecule has 3 rings (SSSR count). The van der Waals surface area contributed by atoms with Gasteiger partial charge in [0.05, 0.1) is 11.1 Å². The zero-order chi connectivity index (χ0) is 20.3. The van der Waals surface area contributed by atoms with Crippen molar-refractivity contribution in [2.45, 2.75) is 0 Å². The highest BCUT2D eigenvalue weighted by Gasteiger charge is 2.24. The molecule has 1 aromatic carbocycles. The van der Waals surface area contributed by atoms with E-state index in [9.17, 15) is 24.1 Å². The lowest BCUT2D eigenvalue weighted by Crippen LogP contribution is -2.49. The van der Waals surface area contributed by atoms with Gasteiger partial charge in [-0.2, -0.15) is 0 Å². The molecular formula is C18H19FN4O5. The molecule has 0 saturated carbocycles. The van der Waals surface area contributed by atoms with Gasteiger partial charge in [-0.15, -0.1) is 0 Å². The molecule has 2 aromatic rings. The molecule has 0 spiro atoms. The number of carbonyl (C=O) groups is 2. The predicted octanol–water partition coefficient (Wildman–Crippen LogP) is 1.58. The number of ether oxygens (including phenoxy) is 1. The predicted molar refractivity (Wildman–Crippen MR) is 97.5 cm³/mol. The second-order valence-electron chi connectivity index (χ2n) is 6.37. The first-order valence-electron chi connectivity index (χ1n) is 8.61. The number of hydrogen-bond acceptors (Lipinski definition) is 6. The first kappa shape index (κ1) is 19.3. The Morgan fingerprint density at radius 1 is 1.18 bits per heavy atom. The average molecular weight is 390 g/mol. The van der Waals surface area contributed by atoms with Crippen LogP contribution in [0.3, 0.4) is 0 Å². The molecule has 0 aliphatic carbocycles. The van der Waals surface area contributed by atoms with Crippen molar-refractivity contribution in [1.29, 1.82) is 0 Å². The second kappa shape index (κ2) is 8.07. The monoisotopic (exact) mass is 390 g/mol. The van der Waals surface area contributed by atoms with Crippen LogP contribution < -0.4 is 4.90 Å². The number of hydrogen-bond donors (Lipinski definition) is 0. The summed E-state index contributed by atoms with van der Waals surface area (Å²) in [6, 6.07) is 7.26. The number of amides is 1. The van der Waals surface area contributed by atoms with Crippen molar-refractivity contribution >= 4 is 23.3 Å². The van der Waals surface area contributed by atoms with Gasteiger partial charge < -0.3 is 19.1 Å². The van der Waals surface area contributed by atoms with Gasteiger partial charge in [0.1, 0.15) is 11.5 Å². The molecule has 9 nitrogen and oxygen atoms in total. The van der Waals surface area contributed by atoms with E-state index in [1.807, 2.05) is 4.90 Å². The fraction of sp³-hybridized carbons (Fsp3) is 0.333. The van der Waals surface area contributed by atoms with Gasteiger partial charge in [0.15, 0.2) is 6.61 Å². The molecule has 1 aliphatic rings. The number of esters is 1. The van der Waals surface area contributed by atoms with Gasteiger partial charge in [-0.1, -0.05) is 0 Å². The van der Waals surface area contributed by atoms with Crippen molar-refractivity contribution in [2.24, 2.45) is 7.05 Å². The van der Waals surface area contributed by atoms with Crippen LogP contribution in [0.1, 0.15) is 10.5 Å². The Balaban J connectivity index is 1.50. The number of nitro groups is 1. The molecule has 28 heavy (non-hydrogen) atoms. The number of aromatic nitrogens is 1. The fourth-order valence-electron chi connectivity index (χ4n) is 3.01. The zero-order valence-corrected chi connectivity index (χ0v) is 15.2. The SMILES string of the molecule is Cn1cc([N+](=O)[O-])cc1C(=O)OCC(=O)N1CCN(c2ccc(F)cc2)CC1. The topological polar surface area (TPSA) is 97.9 Å². The molecule has 0 unspecified atom stereocenters. The highest BCUT2D eigenvalue weighted by molar-refractivity contribution is 5.90. The first-order chi connectivity index (χ1) is 13.3. The minimum Gasteiger partial charge on any atom is -0.451 e. The van der Waals surface area contributed by atoms with Crippen molar-refractivity contribution < 1.29 is 23.6 Å². The normalized spacial score (nSPS) is 14.1. The molecule has 0 N–H and O–H groups in total. The number of nitrogens with zero attached hydrogens (tertiary/aromatic N) is 4. The lowest BCUT2D eigenvalue weighted by Gasteiger charge is -2.36. The highest BCUT2D eigenvalue weighted by Crippen LogP contribution is 2.18. The van der Waals surface area contributed by atoms with Crippen LogP contribution in [0.5, 0.6) is 0 Å². The van der Waals surface area contributed by atoms with Gasteiger partial charge in [-0.25, -0.2) is 9.18 Å². The van der Waals surface area contributed by atoms with Crippen LogP contribution in [0, 0.1) is 15.9 Å². The number of aryl methyl sites for hydroxylation is 1. The summed E-state index contributed by atoms with van der Waals surface area (Å²) >= 11 is 0. The Labute approximate surface area is 160 Å². The number of piperazine rings is 1. The number of rotatable bonds is 5. The van der Waals surface area contributed by atoms with Crippen LogP contribution in [0.2, 0.25) is 0 Å². The van der Waals surface area contributed by atoms with Gasteiger partial charge in [0.25, 0.3) is 11.6 Å². The summed E-state index contributed by atoms with van der Waals surface area (Å²) in [4.78, 5) is 38.1. The summed E-state index contributed by atoms with van der Waals surface area (Å²) in [6.45, 7) is 1.62. The van der Waals surface area contributed by atoms with Crippen LogP contribution in [0.4, 0.5) is 15.8 Å². The summed E-state index contributed by atoms with van der Waals surface area (Å²) in [5.74, 6) is -1.44. The summed E-state index contributed by atoms with van der Waals surface area (Å²) in [7, 11) is 1.49. The molecule has 0 bridgehead atoms. The zero-order valence-electron chi connectivity index (χ0n) is 15.2. The summed E-state index contributed by atoms with van der Waals surface area (Å²) in [5, 5.41) is 10.8. The third kappa shape index (κ3) is 4.27. The Morgan fingerprint density at radius 2 is 1.82 bits per heavy atom. The Kier molecular flexibility index (Phi) is 5.57. The minimum atomic E-state index is -0.797. The van der Waals surface area contributed by atoms with Crippen molar-refractivity contribution in [3.8, 4) is 0 Å². The molecule has 0 atom stereocenters. The molecule has 10 heteroatoms. The van der Waals surface area contributed by atoms with Crippen molar-refractivity contribution in [2.75, 3.05) is 37.7 Å². The van der Waals surface area contributed by atoms with Gasteiger partial charge in [-0.3, -0.25) is 14.9 Å². The summed E-state index contributed by atoms with van der Waals surface area (Å²) < 4.78 is 19.3. The maximum absolute atomic E-state index is 13.0. The molecule has 0 radical (unpaired) electrons. The summed E-state index contributed by atoms with van der Waals surface area (Å²) in [5.41, 5.74) is 0.656. The highest BCUT2D eigenvalue weighted by atomic mass is 19.1. The van der Waals surface area contributed by atoms with E-state index in [-0.39, 0.29) is 23.1 Å². The van der Waals surface area contributed by atoms with E-state index in [2.05, 4.69) is 0 Å². The Hall–Kier alpha value is -3.43. The van der Waals surface area contributed by atoms with Crippen LogP contribution in [0.25, 0.3) is 0 Å². The third-order valence-electron chi connectivity index (χ3n) is 4.56. The smallest absolute Gasteiger partial charge is 0.355 e. The average Bonchev–Trinajstić information content (AvgIpc) is 3.09. The largest absolute Gasteiger partial charge is 0.451 e. The van der Waals surface area contributed by atoms with Crippen LogP contribution in [-0.2, 0) is 16.6 Å². The van der Waals surface area contributed by atoms with Crippen molar-refractivity contribution in [3.63, 3.8) is 0 Å². The number of anilines is 1. The van der Waals surface area contributed by atoms with Crippen LogP contribution in [-0.4, -0.2) is 59.1 Å². The standard InChI is InChI=1S/C18H19FN4O5/c1-20-11-15(23(26)27)10-16(20)18(25)28-12-17(24)22-8-6-21(7-9-22)14-4-2-13(19)3-5-14/h2-5,10-11H,6-9,12H2,1H3. The van der Waals surface area contributed by atoms with E-state index < -0.39 is 17.5 Å². The van der Waals surface area contributed by atoms with Crippen LogP contribution in [0.15, 0.2) is 36.5 Å². The summed E-state index contributed by atoms with van der Waals surface area (Å²) in [6.07, 6.45) is 1.20. The number of halogens is 1. The maximum Gasteiger partial charge on any atom is 0.355 e. The number of benzene rings is 1. The van der Waals surface area contributed by atoms with Crippen molar-refractivity contribution in [3.05, 3.63) is 58.2 Å². The third-order valence-corrected chi connectivity index (χ3v) is 4.56. The maximum atomic E-state index is 13.0. The molecule has 1 fully saturated rings. The molecule has 1 amide bonds. The molecule has 1 saturated heterocycles. The Bertz CT molecular complexity index is 888. The fourth-order valence-corrected chi connectivity index (χ4v) is 3.01. The second-order valence-corrected chi connectivity index (χ2v) is 6.37. The molecular weight excluding hydrogens is 371 g/mol. The quantitative estimate of drug-likeness (QED) is 0.437. The van der Waals surface area contributed by atoms with Crippen molar-refractivity contribution in [1.82, 2.24) is 9.47 Å². The van der Waals surface area contributed by atoms with E-state index in [0.29, 0.717) is 26.2 Å². The minimum absolute atomic E-state index is 0.000583. The lowest BCUT2D eigenvalue weighted by atomic mass is 10.2. The molecule has 2 heterocycles. The van der Waals surface area contributed by atoms with Gasteiger partial charge >= 0.3 is 5.97 Å². The molecule has 1 aliphatic heterocycles. The lowest BCUT2D eigenvalue weighted by molar-refractivity contribution is -0.384. The van der Waals surface area contributed by atoms with E-state index in [1.165, 1.54) is 29.9 Å². The van der Waals surface area contributed by atoms with E-state index in [0.717, 1.165) is 11.8 Å². The van der Waals surface area contributed by atoms with E-state index in [1.54, 1.807) is 17.0 Å². The Morgan fingerprint density at radius 3 is 2.39 bits per heavy atom. The van der Waals surface area contributed by atoms with Gasteiger partial charge in [-0.05, 0) is 24.3 Å². The van der Waals surface area contributed by atoms with Gasteiger partial charge in [0, 0.05) is 45.0 Å². The van der Waals surface area contributed by atoms with E-state index in [4.69, 9.17) is 4.74 Å². The molecule has 148 valence electrons. The van der Waals surface area contributed by atoms with E-state index >= 15 is 0 Å². The first-order valence-corrected chi connectivity index (χ1v) is 8.61. The van der Waals surface area contributed by atoms with Crippen LogP contribution >= 0.6 is 0 Å². The van der Waals surface area contributed by atoms with Gasteiger partial charge in [0.2, 0.25) is 0 Å². The number of carbonyl (C=O) groups excluding carboxylic acids is 2.